The summed E-state index contributed by atoms with van der Waals surface area (Å²) >= 11 is 1.40. The number of hydrogen-bond acceptors (Lipinski definition) is 5. The van der Waals surface area contributed by atoms with Crippen molar-refractivity contribution in [3.05, 3.63) is 76.3 Å². The van der Waals surface area contributed by atoms with Gasteiger partial charge in [-0.2, -0.15) is 0 Å². The second kappa shape index (κ2) is 10.3. The quantitative estimate of drug-likeness (QED) is 0.586. The van der Waals surface area contributed by atoms with Crippen molar-refractivity contribution in [1.82, 2.24) is 19.8 Å². The lowest BCUT2D eigenvalue weighted by molar-refractivity contribution is 0.202. The van der Waals surface area contributed by atoms with E-state index in [1.807, 2.05) is 37.2 Å². The van der Waals surface area contributed by atoms with Crippen LogP contribution in [0.1, 0.15) is 21.6 Å². The van der Waals surface area contributed by atoms with Gasteiger partial charge in [-0.1, -0.05) is 18.2 Å². The number of aromatic nitrogens is 2. The highest BCUT2D eigenvalue weighted by molar-refractivity contribution is 7.15. The molecule has 0 radical (unpaired) electrons. The number of pyridine rings is 1. The first-order chi connectivity index (χ1) is 14.4. The number of nitrogens with zero attached hydrogens (tertiary/aromatic N) is 4. The molecule has 0 atom stereocenters. The lowest BCUT2D eigenvalue weighted by Crippen LogP contribution is -2.39. The normalized spacial score (nSPS) is 11.0. The van der Waals surface area contributed by atoms with Crippen molar-refractivity contribution in [2.75, 3.05) is 32.5 Å². The van der Waals surface area contributed by atoms with Crippen LogP contribution < -0.4 is 5.32 Å². The summed E-state index contributed by atoms with van der Waals surface area (Å²) in [6.45, 7) is 3.53. The van der Waals surface area contributed by atoms with E-state index >= 15 is 0 Å². The molecule has 158 valence electrons. The standard InChI is InChI=1S/C22H26FN5OS/c1-16-6-7-17(12-20(16)23)11-19-14-25-21(30-19)26-22(29)28(10-9-27(2)3)15-18-5-4-8-24-13-18/h4-8,12-14H,9-11,15H2,1-3H3,(H,25,26,29). The molecule has 2 amide bonds. The number of carbonyl (C=O) groups is 1. The van der Waals surface area contributed by atoms with E-state index < -0.39 is 0 Å². The average molecular weight is 428 g/mol. The van der Waals surface area contributed by atoms with E-state index in [-0.39, 0.29) is 11.8 Å². The van der Waals surface area contributed by atoms with Gasteiger partial charge >= 0.3 is 6.03 Å². The zero-order valence-corrected chi connectivity index (χ0v) is 18.2. The zero-order chi connectivity index (χ0) is 21.5. The van der Waals surface area contributed by atoms with Crippen LogP contribution in [-0.4, -0.2) is 53.0 Å². The lowest BCUT2D eigenvalue weighted by Gasteiger charge is -2.24. The Labute approximate surface area is 180 Å². The van der Waals surface area contributed by atoms with Gasteiger partial charge < -0.3 is 9.80 Å². The van der Waals surface area contributed by atoms with Crippen molar-refractivity contribution in [3.8, 4) is 0 Å². The number of likely N-dealkylation sites (N-methyl/N-ethyl adjacent to an activating group) is 1. The largest absolute Gasteiger partial charge is 0.323 e. The second-order valence-corrected chi connectivity index (χ2v) is 8.52. The molecule has 0 spiro atoms. The minimum Gasteiger partial charge on any atom is -0.319 e. The van der Waals surface area contributed by atoms with Crippen LogP contribution in [-0.2, 0) is 13.0 Å². The van der Waals surface area contributed by atoms with E-state index in [2.05, 4.69) is 15.3 Å². The minimum absolute atomic E-state index is 0.206. The summed E-state index contributed by atoms with van der Waals surface area (Å²) < 4.78 is 13.8. The molecule has 0 aliphatic rings. The van der Waals surface area contributed by atoms with Crippen LogP contribution in [0.2, 0.25) is 0 Å². The van der Waals surface area contributed by atoms with Crippen LogP contribution in [0.15, 0.2) is 48.9 Å². The van der Waals surface area contributed by atoms with E-state index in [0.29, 0.717) is 30.2 Å². The Balaban J connectivity index is 1.65. The van der Waals surface area contributed by atoms with Gasteiger partial charge in [0.1, 0.15) is 5.82 Å². The van der Waals surface area contributed by atoms with Gasteiger partial charge in [-0.15, -0.1) is 11.3 Å². The Morgan fingerprint density at radius 2 is 2.00 bits per heavy atom. The lowest BCUT2D eigenvalue weighted by atomic mass is 10.1. The maximum Gasteiger partial charge on any atom is 0.323 e. The summed E-state index contributed by atoms with van der Waals surface area (Å²) in [4.78, 5) is 26.1. The summed E-state index contributed by atoms with van der Waals surface area (Å²) in [6.07, 6.45) is 5.77. The van der Waals surface area contributed by atoms with Crippen molar-refractivity contribution in [3.63, 3.8) is 0 Å². The molecule has 2 heterocycles. The molecule has 0 bridgehead atoms. The highest BCUT2D eigenvalue weighted by atomic mass is 32.1. The number of rotatable bonds is 8. The third-order valence-electron chi connectivity index (χ3n) is 4.58. The smallest absolute Gasteiger partial charge is 0.319 e. The molecule has 0 saturated heterocycles. The van der Waals surface area contributed by atoms with Gasteiger partial charge in [0.05, 0.1) is 0 Å². The number of amides is 2. The van der Waals surface area contributed by atoms with E-state index in [1.165, 1.54) is 11.3 Å². The number of anilines is 1. The predicted octanol–water partition coefficient (Wildman–Crippen LogP) is 4.17. The number of halogens is 1. The molecule has 0 aliphatic carbocycles. The minimum atomic E-state index is -0.211. The molecule has 1 N–H and O–H groups in total. The van der Waals surface area contributed by atoms with Crippen molar-refractivity contribution in [2.24, 2.45) is 0 Å². The molecular formula is C22H26FN5OS. The third-order valence-corrected chi connectivity index (χ3v) is 5.50. The number of nitrogens with one attached hydrogen (secondary N) is 1. The molecule has 6 nitrogen and oxygen atoms in total. The summed E-state index contributed by atoms with van der Waals surface area (Å²) in [5, 5.41) is 3.43. The van der Waals surface area contributed by atoms with E-state index in [1.54, 1.807) is 42.5 Å². The first-order valence-corrected chi connectivity index (χ1v) is 10.5. The van der Waals surface area contributed by atoms with Crippen molar-refractivity contribution >= 4 is 22.5 Å². The first-order valence-electron chi connectivity index (χ1n) is 9.70. The van der Waals surface area contributed by atoms with Gasteiger partial charge in [0.25, 0.3) is 0 Å². The SMILES string of the molecule is Cc1ccc(Cc2cnc(NC(=O)N(CCN(C)C)Cc3cccnc3)s2)cc1F. The number of aryl methyl sites for hydroxylation is 1. The van der Waals surface area contributed by atoms with E-state index in [0.717, 1.165) is 22.5 Å². The number of urea groups is 1. The molecule has 3 rings (SSSR count). The summed E-state index contributed by atoms with van der Waals surface area (Å²) in [5.74, 6) is -0.211. The Morgan fingerprint density at radius 1 is 1.17 bits per heavy atom. The first kappa shape index (κ1) is 21.9. The maximum absolute atomic E-state index is 13.8. The molecule has 2 aromatic heterocycles. The predicted molar refractivity (Wildman–Crippen MR) is 118 cm³/mol. The number of carbonyl (C=O) groups excluding carboxylic acids is 1. The molecule has 30 heavy (non-hydrogen) atoms. The second-order valence-electron chi connectivity index (χ2n) is 7.41. The summed E-state index contributed by atoms with van der Waals surface area (Å²) in [6, 6.07) is 8.83. The molecule has 0 fully saturated rings. The number of benzene rings is 1. The molecule has 0 aliphatic heterocycles. The Morgan fingerprint density at radius 3 is 2.70 bits per heavy atom. The van der Waals surface area contributed by atoms with Crippen LogP contribution in [0, 0.1) is 12.7 Å². The highest BCUT2D eigenvalue weighted by Gasteiger charge is 2.16. The Hall–Kier alpha value is -2.84. The highest BCUT2D eigenvalue weighted by Crippen LogP contribution is 2.22. The number of thiazole rings is 1. The number of hydrogen-bond donors (Lipinski definition) is 1. The monoisotopic (exact) mass is 427 g/mol. The van der Waals surface area contributed by atoms with Crippen LogP contribution in [0.5, 0.6) is 0 Å². The fourth-order valence-electron chi connectivity index (χ4n) is 2.85. The summed E-state index contributed by atoms with van der Waals surface area (Å²) in [5.41, 5.74) is 2.47. The van der Waals surface area contributed by atoms with Crippen molar-refractivity contribution in [1.29, 1.82) is 0 Å². The molecule has 0 saturated carbocycles. The van der Waals surface area contributed by atoms with Crippen molar-refractivity contribution < 1.29 is 9.18 Å². The van der Waals surface area contributed by atoms with Crippen LogP contribution in [0.4, 0.5) is 14.3 Å². The van der Waals surface area contributed by atoms with Crippen LogP contribution >= 0.6 is 11.3 Å². The van der Waals surface area contributed by atoms with E-state index in [9.17, 15) is 9.18 Å². The van der Waals surface area contributed by atoms with Crippen LogP contribution in [0.3, 0.4) is 0 Å². The molecule has 3 aromatic rings. The average Bonchev–Trinajstić information content (AvgIpc) is 3.15. The van der Waals surface area contributed by atoms with Gasteiger partial charge in [0.2, 0.25) is 0 Å². The molecular weight excluding hydrogens is 401 g/mol. The van der Waals surface area contributed by atoms with Crippen LogP contribution in [0.25, 0.3) is 0 Å². The zero-order valence-electron chi connectivity index (χ0n) is 17.4. The Bertz CT molecular complexity index is 977. The Kier molecular flexibility index (Phi) is 7.48. The summed E-state index contributed by atoms with van der Waals surface area (Å²) in [7, 11) is 3.95. The molecule has 8 heteroatoms. The third kappa shape index (κ3) is 6.33. The van der Waals surface area contributed by atoms with Gasteiger partial charge in [-0.05, 0) is 49.8 Å². The molecule has 0 unspecified atom stereocenters. The van der Waals surface area contributed by atoms with E-state index in [4.69, 9.17) is 0 Å². The molecule has 1 aromatic carbocycles. The fourth-order valence-corrected chi connectivity index (χ4v) is 3.69. The topological polar surface area (TPSA) is 61.4 Å². The van der Waals surface area contributed by atoms with Gasteiger partial charge in [0, 0.05) is 49.5 Å². The van der Waals surface area contributed by atoms with Crippen molar-refractivity contribution in [2.45, 2.75) is 19.9 Å². The fraction of sp³-hybridized carbons (Fsp3) is 0.318. The van der Waals surface area contributed by atoms with Gasteiger partial charge in [0.15, 0.2) is 5.13 Å². The van der Waals surface area contributed by atoms with Gasteiger partial charge in [-0.3, -0.25) is 10.3 Å². The maximum atomic E-state index is 13.8. The van der Waals surface area contributed by atoms with Gasteiger partial charge in [-0.25, -0.2) is 14.2 Å².